The summed E-state index contributed by atoms with van der Waals surface area (Å²) in [7, 11) is 0. The number of nitro groups is 1. The zero-order chi connectivity index (χ0) is 17.6. The van der Waals surface area contributed by atoms with Crippen LogP contribution in [0.3, 0.4) is 0 Å². The molecule has 0 atom stereocenters. The van der Waals surface area contributed by atoms with Gasteiger partial charge in [0.05, 0.1) is 4.92 Å². The quantitative estimate of drug-likeness (QED) is 0.479. The maximum absolute atomic E-state index is 12.3. The number of nitro benzene ring substituents is 1. The highest BCUT2D eigenvalue weighted by Gasteiger charge is 2.20. The van der Waals surface area contributed by atoms with E-state index >= 15 is 0 Å². The Labute approximate surface area is 144 Å². The number of amides is 1. The summed E-state index contributed by atoms with van der Waals surface area (Å²) in [6, 6.07) is 7.84. The molecule has 128 valence electrons. The lowest BCUT2D eigenvalue weighted by molar-refractivity contribution is -0.384. The topological polar surface area (TPSA) is 92.5 Å². The number of carbonyl (C=O) groups is 1. The number of piperazine rings is 1. The van der Waals surface area contributed by atoms with Crippen LogP contribution < -0.4 is 4.90 Å². The number of anilines is 1. The molecule has 1 amide bonds. The Kier molecular flexibility index (Phi) is 4.98. The lowest BCUT2D eigenvalue weighted by Gasteiger charge is -2.34. The molecule has 0 spiro atoms. The van der Waals surface area contributed by atoms with Crippen molar-refractivity contribution in [2.45, 2.75) is 0 Å². The molecular formula is C17H17N5O3. The highest BCUT2D eigenvalue weighted by Crippen LogP contribution is 2.14. The molecule has 2 aromatic rings. The van der Waals surface area contributed by atoms with Gasteiger partial charge < -0.3 is 9.80 Å². The third-order valence-corrected chi connectivity index (χ3v) is 3.95. The molecule has 1 fully saturated rings. The van der Waals surface area contributed by atoms with E-state index in [0.29, 0.717) is 32.1 Å². The minimum absolute atomic E-state index is 0.0303. The van der Waals surface area contributed by atoms with E-state index in [1.54, 1.807) is 41.6 Å². The molecule has 0 saturated carbocycles. The minimum Gasteiger partial charge on any atom is -0.337 e. The fraction of sp³-hybridized carbons (Fsp3) is 0.235. The van der Waals surface area contributed by atoms with Crippen LogP contribution in [-0.2, 0) is 4.79 Å². The molecule has 0 aliphatic carbocycles. The molecule has 1 aromatic heterocycles. The number of carbonyl (C=O) groups excluding carboxylic acids is 1. The Balaban J connectivity index is 1.55. The van der Waals surface area contributed by atoms with Gasteiger partial charge in [0.25, 0.3) is 5.69 Å². The first-order chi connectivity index (χ1) is 12.1. The molecule has 1 aliphatic heterocycles. The number of nitrogens with zero attached hydrogens (tertiary/aromatic N) is 5. The molecule has 25 heavy (non-hydrogen) atoms. The molecule has 0 bridgehead atoms. The second-order valence-electron chi connectivity index (χ2n) is 5.54. The van der Waals surface area contributed by atoms with Gasteiger partial charge in [0.2, 0.25) is 11.9 Å². The van der Waals surface area contributed by atoms with E-state index < -0.39 is 4.92 Å². The largest absolute Gasteiger partial charge is 0.337 e. The fourth-order valence-electron chi connectivity index (χ4n) is 2.56. The SMILES string of the molecule is O=C(C=Cc1ccc([N+](=O)[O-])cc1)N1CCN(c2ncccn2)CC1. The Bertz CT molecular complexity index is 769. The maximum Gasteiger partial charge on any atom is 0.269 e. The van der Waals surface area contributed by atoms with Gasteiger partial charge >= 0.3 is 0 Å². The Hall–Kier alpha value is -3.29. The van der Waals surface area contributed by atoms with Gasteiger partial charge in [0.15, 0.2) is 0 Å². The average molecular weight is 339 g/mol. The monoisotopic (exact) mass is 339 g/mol. The summed E-state index contributed by atoms with van der Waals surface area (Å²) < 4.78 is 0. The van der Waals surface area contributed by atoms with Crippen LogP contribution in [0.4, 0.5) is 11.6 Å². The Morgan fingerprint density at radius 1 is 1.08 bits per heavy atom. The van der Waals surface area contributed by atoms with Crippen molar-refractivity contribution in [2.24, 2.45) is 0 Å². The molecule has 1 aliphatic rings. The van der Waals surface area contributed by atoms with E-state index in [0.717, 1.165) is 5.56 Å². The molecule has 8 nitrogen and oxygen atoms in total. The number of hydrogen-bond acceptors (Lipinski definition) is 6. The predicted molar refractivity (Wildman–Crippen MR) is 93.0 cm³/mol. The minimum atomic E-state index is -0.450. The van der Waals surface area contributed by atoms with E-state index in [9.17, 15) is 14.9 Å². The Morgan fingerprint density at radius 3 is 2.32 bits per heavy atom. The standard InChI is InChI=1S/C17H17N5O3/c23-16(7-4-14-2-5-15(6-3-14)22(24)25)20-10-12-21(13-11-20)17-18-8-1-9-19-17/h1-9H,10-13H2. The predicted octanol–water partition coefficient (Wildman–Crippen LogP) is 1.75. The van der Waals surface area contributed by atoms with Crippen LogP contribution in [0, 0.1) is 10.1 Å². The first-order valence-corrected chi connectivity index (χ1v) is 7.87. The third-order valence-electron chi connectivity index (χ3n) is 3.95. The second kappa shape index (κ2) is 7.52. The molecule has 3 rings (SSSR count). The van der Waals surface area contributed by atoms with Crippen LogP contribution in [0.5, 0.6) is 0 Å². The lowest BCUT2D eigenvalue weighted by Crippen LogP contribution is -2.48. The van der Waals surface area contributed by atoms with Crippen LogP contribution in [-0.4, -0.2) is 51.9 Å². The van der Waals surface area contributed by atoms with E-state index in [1.807, 2.05) is 4.90 Å². The van der Waals surface area contributed by atoms with E-state index in [1.165, 1.54) is 18.2 Å². The van der Waals surface area contributed by atoms with Crippen molar-refractivity contribution in [1.29, 1.82) is 0 Å². The van der Waals surface area contributed by atoms with Crippen molar-refractivity contribution in [3.8, 4) is 0 Å². The molecule has 0 N–H and O–H groups in total. The van der Waals surface area contributed by atoms with Gasteiger partial charge in [-0.1, -0.05) is 0 Å². The van der Waals surface area contributed by atoms with Gasteiger partial charge in [-0.05, 0) is 29.8 Å². The third kappa shape index (κ3) is 4.17. The fourth-order valence-corrected chi connectivity index (χ4v) is 2.56. The zero-order valence-corrected chi connectivity index (χ0v) is 13.5. The Morgan fingerprint density at radius 2 is 1.72 bits per heavy atom. The van der Waals surface area contributed by atoms with Crippen LogP contribution in [0.25, 0.3) is 6.08 Å². The second-order valence-corrected chi connectivity index (χ2v) is 5.54. The van der Waals surface area contributed by atoms with Crippen LogP contribution in [0.1, 0.15) is 5.56 Å². The lowest BCUT2D eigenvalue weighted by atomic mass is 10.2. The van der Waals surface area contributed by atoms with Crippen LogP contribution in [0.2, 0.25) is 0 Å². The van der Waals surface area contributed by atoms with Gasteiger partial charge in [0, 0.05) is 56.8 Å². The summed E-state index contributed by atoms with van der Waals surface area (Å²) in [5.41, 5.74) is 0.776. The highest BCUT2D eigenvalue weighted by atomic mass is 16.6. The maximum atomic E-state index is 12.3. The normalized spacial score (nSPS) is 14.7. The van der Waals surface area contributed by atoms with Gasteiger partial charge in [0.1, 0.15) is 0 Å². The number of hydrogen-bond donors (Lipinski definition) is 0. The molecule has 0 radical (unpaired) electrons. The van der Waals surface area contributed by atoms with Crippen molar-refractivity contribution in [3.63, 3.8) is 0 Å². The van der Waals surface area contributed by atoms with Gasteiger partial charge in [-0.25, -0.2) is 9.97 Å². The summed E-state index contributed by atoms with van der Waals surface area (Å²) in [4.78, 5) is 34.7. The summed E-state index contributed by atoms with van der Waals surface area (Å²) in [5.74, 6) is 0.600. The first-order valence-electron chi connectivity index (χ1n) is 7.87. The van der Waals surface area contributed by atoms with Crippen LogP contribution >= 0.6 is 0 Å². The highest BCUT2D eigenvalue weighted by molar-refractivity contribution is 5.92. The van der Waals surface area contributed by atoms with Crippen molar-refractivity contribution in [1.82, 2.24) is 14.9 Å². The average Bonchev–Trinajstić information content (AvgIpc) is 2.67. The van der Waals surface area contributed by atoms with Gasteiger partial charge in [-0.2, -0.15) is 0 Å². The molecule has 1 aromatic carbocycles. The smallest absolute Gasteiger partial charge is 0.269 e. The van der Waals surface area contributed by atoms with E-state index in [4.69, 9.17) is 0 Å². The first kappa shape index (κ1) is 16.6. The number of benzene rings is 1. The molecule has 0 unspecified atom stereocenters. The van der Waals surface area contributed by atoms with Crippen LogP contribution in [0.15, 0.2) is 48.8 Å². The molecular weight excluding hydrogens is 322 g/mol. The zero-order valence-electron chi connectivity index (χ0n) is 13.5. The number of rotatable bonds is 4. The summed E-state index contributed by atoms with van der Waals surface area (Å²) in [6.45, 7) is 2.56. The van der Waals surface area contributed by atoms with Crippen molar-refractivity contribution in [2.75, 3.05) is 31.1 Å². The molecule has 2 heterocycles. The summed E-state index contributed by atoms with van der Waals surface area (Å²) >= 11 is 0. The molecule has 8 heteroatoms. The van der Waals surface area contributed by atoms with Gasteiger partial charge in [-0.3, -0.25) is 14.9 Å². The summed E-state index contributed by atoms with van der Waals surface area (Å²) in [6.07, 6.45) is 6.56. The number of non-ortho nitro benzene ring substituents is 1. The van der Waals surface area contributed by atoms with Crippen molar-refractivity contribution in [3.05, 3.63) is 64.5 Å². The van der Waals surface area contributed by atoms with Gasteiger partial charge in [-0.15, -0.1) is 0 Å². The number of aromatic nitrogens is 2. The van der Waals surface area contributed by atoms with Crippen molar-refractivity contribution >= 4 is 23.6 Å². The molecule has 1 saturated heterocycles. The summed E-state index contributed by atoms with van der Waals surface area (Å²) in [5, 5.41) is 10.6. The van der Waals surface area contributed by atoms with Crippen molar-refractivity contribution < 1.29 is 9.72 Å². The van der Waals surface area contributed by atoms with E-state index in [2.05, 4.69) is 9.97 Å². The van der Waals surface area contributed by atoms with E-state index in [-0.39, 0.29) is 11.6 Å².